The summed E-state index contributed by atoms with van der Waals surface area (Å²) >= 11 is 4.55. The van der Waals surface area contributed by atoms with Crippen LogP contribution in [-0.2, 0) is 0 Å². The highest BCUT2D eigenvalue weighted by atomic mass is 32.1. The van der Waals surface area contributed by atoms with Crippen LogP contribution in [0.5, 0.6) is 0 Å². The normalized spacial score (nSPS) is 61.4. The number of nitrogens with one attached hydrogen (secondary N) is 2. The Bertz CT molecular complexity index is 250. The molecular weight excluding hydrogens is 108 g/mol. The maximum absolute atomic E-state index is 7.47. The number of rotatable bonds is 0. The molecule has 1 atom stereocenters. The second kappa shape index (κ2) is 1.66. The molecule has 2 nitrogen and oxygen atoms in total. The number of hydrogen-bond donors (Lipinski definition) is 2. The Labute approximate surface area is 56.7 Å². The zero-order valence-electron chi connectivity index (χ0n) is 9.41. The third kappa shape index (κ3) is 1.03. The fourth-order valence-electron chi connectivity index (χ4n) is 0.295. The van der Waals surface area contributed by atoms with Gasteiger partial charge in [-0.15, -0.1) is 0 Å². The Morgan fingerprint density at radius 1 is 2.43 bits per heavy atom. The van der Waals surface area contributed by atoms with Gasteiger partial charge in [0, 0.05) is 16.6 Å². The van der Waals surface area contributed by atoms with Crippen LogP contribution in [0.25, 0.3) is 0 Å². The minimum atomic E-state index is -2.79. The Morgan fingerprint density at radius 3 is 3.57 bits per heavy atom. The van der Waals surface area contributed by atoms with Crippen LogP contribution >= 0.6 is 12.2 Å². The van der Waals surface area contributed by atoms with Gasteiger partial charge in [0.15, 0.2) is 5.11 Å². The summed E-state index contributed by atoms with van der Waals surface area (Å²) in [6.45, 7) is -5.18. The first-order valence-corrected chi connectivity index (χ1v) is 2.11. The van der Waals surface area contributed by atoms with E-state index in [-0.39, 0.29) is 5.11 Å². The van der Waals surface area contributed by atoms with Crippen LogP contribution in [-0.4, -0.2) is 17.6 Å². The smallest absolute Gasteiger partial charge is 0.166 e. The van der Waals surface area contributed by atoms with Crippen molar-refractivity contribution in [1.82, 2.24) is 10.6 Å². The molecule has 7 heavy (non-hydrogen) atoms. The summed E-state index contributed by atoms with van der Waals surface area (Å²) in [7, 11) is 0. The van der Waals surface area contributed by atoms with Crippen molar-refractivity contribution in [3.8, 4) is 0 Å². The second-order valence-electron chi connectivity index (χ2n) is 1.08. The molecule has 0 spiro atoms. The molecule has 1 unspecified atom stereocenters. The fourth-order valence-corrected chi connectivity index (χ4v) is 0.448. The molecule has 1 aliphatic heterocycles. The van der Waals surface area contributed by atoms with E-state index in [9.17, 15) is 0 Å². The molecule has 3 heteroatoms. The van der Waals surface area contributed by atoms with Gasteiger partial charge in [-0.3, -0.25) is 0 Å². The Hall–Kier alpha value is -0.310. The van der Waals surface area contributed by atoms with E-state index >= 15 is 0 Å². The highest BCUT2D eigenvalue weighted by Gasteiger charge is 2.09. The molecule has 40 valence electrons. The van der Waals surface area contributed by atoms with E-state index in [4.69, 9.17) is 8.22 Å². The van der Waals surface area contributed by atoms with Gasteiger partial charge in [-0.25, -0.2) is 0 Å². The SMILES string of the molecule is [2H]C([2H])([2H])C1([2H])NC(=S)NC1([2H])[2H]. The summed E-state index contributed by atoms with van der Waals surface area (Å²) in [5.41, 5.74) is 0. The van der Waals surface area contributed by atoms with Crippen LogP contribution in [0.4, 0.5) is 0 Å². The molecule has 1 fully saturated rings. The lowest BCUT2D eigenvalue weighted by Gasteiger charge is -1.94. The summed E-state index contributed by atoms with van der Waals surface area (Å²) in [4.78, 5) is 0. The average Bonchev–Trinajstić information content (AvgIpc) is 2.00. The first kappa shape index (κ1) is 1.35. The van der Waals surface area contributed by atoms with Gasteiger partial charge in [0.05, 0.1) is 4.11 Å². The Kier molecular flexibility index (Phi) is 0.318. The van der Waals surface area contributed by atoms with Crippen molar-refractivity contribution >= 4 is 17.3 Å². The van der Waals surface area contributed by atoms with Crippen molar-refractivity contribution in [1.29, 1.82) is 0 Å². The van der Waals surface area contributed by atoms with Crippen molar-refractivity contribution in [3.05, 3.63) is 0 Å². The van der Waals surface area contributed by atoms with Crippen LogP contribution in [0.1, 0.15) is 15.1 Å². The molecule has 0 aromatic carbocycles. The van der Waals surface area contributed by atoms with Gasteiger partial charge in [-0.05, 0) is 19.1 Å². The minimum absolute atomic E-state index is 0.156. The summed E-state index contributed by atoms with van der Waals surface area (Å²) in [6, 6.07) is -2.42. The van der Waals surface area contributed by atoms with Gasteiger partial charge in [0.25, 0.3) is 0 Å². The number of thiocarbonyl (C=S) groups is 1. The molecule has 1 heterocycles. The lowest BCUT2D eigenvalue weighted by Crippen LogP contribution is -2.23. The third-order valence-corrected chi connectivity index (χ3v) is 0.744. The van der Waals surface area contributed by atoms with E-state index in [1.54, 1.807) is 0 Å². The second-order valence-corrected chi connectivity index (χ2v) is 1.49. The van der Waals surface area contributed by atoms with Gasteiger partial charge in [0.1, 0.15) is 0 Å². The molecule has 0 bridgehead atoms. The first-order valence-electron chi connectivity index (χ1n) is 4.70. The molecule has 1 rings (SSSR count). The quantitative estimate of drug-likeness (QED) is 0.437. The van der Waals surface area contributed by atoms with Crippen LogP contribution in [0.15, 0.2) is 0 Å². The highest BCUT2D eigenvalue weighted by Crippen LogP contribution is 1.85. The van der Waals surface area contributed by atoms with Crippen molar-refractivity contribution in [2.45, 2.75) is 12.9 Å². The molecule has 1 aliphatic rings. The van der Waals surface area contributed by atoms with Crippen molar-refractivity contribution in [2.75, 3.05) is 6.50 Å². The minimum Gasteiger partial charge on any atom is -0.361 e. The van der Waals surface area contributed by atoms with Crippen molar-refractivity contribution in [2.24, 2.45) is 0 Å². The van der Waals surface area contributed by atoms with Gasteiger partial charge in [-0.2, -0.15) is 0 Å². The van der Waals surface area contributed by atoms with Gasteiger partial charge >= 0.3 is 0 Å². The van der Waals surface area contributed by atoms with E-state index in [0.717, 1.165) is 0 Å². The lowest BCUT2D eigenvalue weighted by atomic mass is 10.4. The average molecular weight is 122 g/mol. The van der Waals surface area contributed by atoms with E-state index < -0.39 is 19.4 Å². The maximum Gasteiger partial charge on any atom is 0.166 e. The van der Waals surface area contributed by atoms with Crippen LogP contribution in [0.2, 0.25) is 0 Å². The van der Waals surface area contributed by atoms with E-state index in [1.807, 2.05) is 0 Å². The Balaban J connectivity index is 3.10. The molecule has 0 saturated carbocycles. The van der Waals surface area contributed by atoms with Crippen LogP contribution in [0.3, 0.4) is 0 Å². The van der Waals surface area contributed by atoms with Gasteiger partial charge in [0.2, 0.25) is 0 Å². The van der Waals surface area contributed by atoms with Crippen LogP contribution < -0.4 is 10.6 Å². The zero-order valence-corrected chi connectivity index (χ0v) is 4.22. The molecule has 0 radical (unpaired) electrons. The third-order valence-electron chi connectivity index (χ3n) is 0.540. The monoisotopic (exact) mass is 122 g/mol. The van der Waals surface area contributed by atoms with E-state index in [2.05, 4.69) is 22.9 Å². The molecule has 0 aliphatic carbocycles. The van der Waals surface area contributed by atoms with E-state index in [0.29, 0.717) is 0 Å². The number of hydrogen-bond acceptors (Lipinski definition) is 1. The maximum atomic E-state index is 7.47. The standard InChI is InChI=1S/C4H8N2S/c1-3-2-5-4(7)6-3/h3H,2H2,1H3,(H2,5,6,7)/i1D3,2D2,3D. The topological polar surface area (TPSA) is 24.1 Å². The summed E-state index contributed by atoms with van der Waals surface area (Å²) in [5.74, 6) is 0. The van der Waals surface area contributed by atoms with Crippen LogP contribution in [0, 0.1) is 0 Å². The zero-order chi connectivity index (χ0) is 10.5. The molecular formula is C4H8N2S. The van der Waals surface area contributed by atoms with E-state index in [1.165, 1.54) is 0 Å². The molecule has 0 aromatic heterocycles. The van der Waals surface area contributed by atoms with Gasteiger partial charge in [-0.1, -0.05) is 0 Å². The summed E-state index contributed by atoms with van der Waals surface area (Å²) < 4.78 is 43.1. The Morgan fingerprint density at radius 2 is 3.29 bits per heavy atom. The van der Waals surface area contributed by atoms with Crippen molar-refractivity contribution in [3.63, 3.8) is 0 Å². The molecule has 1 saturated heterocycles. The predicted molar refractivity (Wildman–Crippen MR) is 33.2 cm³/mol. The summed E-state index contributed by atoms with van der Waals surface area (Å²) in [5, 5.41) is 4.05. The highest BCUT2D eigenvalue weighted by molar-refractivity contribution is 7.80. The summed E-state index contributed by atoms with van der Waals surface area (Å²) in [6.07, 6.45) is 0. The fraction of sp³-hybridized carbons (Fsp3) is 0.750. The molecule has 2 N–H and O–H groups in total. The molecule has 0 amide bonds. The van der Waals surface area contributed by atoms with Crippen molar-refractivity contribution < 1.29 is 8.22 Å². The largest absolute Gasteiger partial charge is 0.361 e. The lowest BCUT2D eigenvalue weighted by molar-refractivity contribution is 0.723. The first-order chi connectivity index (χ1) is 5.60. The predicted octanol–water partition coefficient (Wildman–Crippen LogP) is -0.147. The molecule has 0 aromatic rings. The van der Waals surface area contributed by atoms with Gasteiger partial charge < -0.3 is 10.6 Å².